The maximum absolute atomic E-state index is 13.7. The monoisotopic (exact) mass is 382 g/mol. The van der Waals surface area contributed by atoms with Gasteiger partial charge in [0.25, 0.3) is 0 Å². The minimum Gasteiger partial charge on any atom is -0.396 e. The predicted molar refractivity (Wildman–Crippen MR) is 115 cm³/mol. The van der Waals surface area contributed by atoms with E-state index in [9.17, 15) is 15.0 Å². The summed E-state index contributed by atoms with van der Waals surface area (Å²) in [7, 11) is 0. The second kappa shape index (κ2) is 10.5. The van der Waals surface area contributed by atoms with Gasteiger partial charge >= 0.3 is 0 Å². The molecule has 0 heterocycles. The van der Waals surface area contributed by atoms with Crippen molar-refractivity contribution >= 4 is 5.78 Å². The molecule has 152 valence electrons. The lowest BCUT2D eigenvalue weighted by Gasteiger charge is -2.21. The first-order chi connectivity index (χ1) is 13.4. The van der Waals surface area contributed by atoms with Gasteiger partial charge in [-0.15, -0.1) is 0 Å². The van der Waals surface area contributed by atoms with E-state index >= 15 is 0 Å². The largest absolute Gasteiger partial charge is 0.396 e. The van der Waals surface area contributed by atoms with E-state index < -0.39 is 0 Å². The van der Waals surface area contributed by atoms with Gasteiger partial charge in [0.1, 0.15) is 0 Å². The van der Waals surface area contributed by atoms with E-state index in [0.29, 0.717) is 12.8 Å². The zero-order valence-corrected chi connectivity index (χ0v) is 17.7. The summed E-state index contributed by atoms with van der Waals surface area (Å²) in [5.74, 6) is 0.534. The van der Waals surface area contributed by atoms with Crippen molar-refractivity contribution < 1.29 is 15.0 Å². The summed E-state index contributed by atoms with van der Waals surface area (Å²) in [6, 6.07) is 11.9. The molecule has 28 heavy (non-hydrogen) atoms. The normalized spacial score (nSPS) is 11.4. The molecule has 0 spiro atoms. The third-order valence-corrected chi connectivity index (χ3v) is 5.25. The summed E-state index contributed by atoms with van der Waals surface area (Å²) < 4.78 is 0. The average molecular weight is 383 g/mol. The molecule has 0 aromatic heterocycles. The summed E-state index contributed by atoms with van der Waals surface area (Å²) in [6.07, 6.45) is 2.95. The molecule has 0 amide bonds. The minimum atomic E-state index is 0.0732. The number of carbonyl (C=O) groups excluding carboxylic acids is 1. The zero-order chi connectivity index (χ0) is 20.7. The van der Waals surface area contributed by atoms with Gasteiger partial charge in [0, 0.05) is 24.3 Å². The van der Waals surface area contributed by atoms with Crippen LogP contribution < -0.4 is 0 Å². The number of aliphatic hydroxyl groups excluding tert-OH is 2. The highest BCUT2D eigenvalue weighted by Crippen LogP contribution is 2.31. The Morgan fingerprint density at radius 1 is 0.750 bits per heavy atom. The molecule has 0 bridgehead atoms. The molecule has 2 aromatic carbocycles. The van der Waals surface area contributed by atoms with Gasteiger partial charge in [0.2, 0.25) is 0 Å². The van der Waals surface area contributed by atoms with Crippen LogP contribution in [0.25, 0.3) is 0 Å². The summed E-state index contributed by atoms with van der Waals surface area (Å²) >= 11 is 0. The number of rotatable bonds is 10. The van der Waals surface area contributed by atoms with Crippen molar-refractivity contribution in [2.24, 2.45) is 0 Å². The molecule has 0 aliphatic carbocycles. The van der Waals surface area contributed by atoms with Crippen molar-refractivity contribution in [3.8, 4) is 0 Å². The van der Waals surface area contributed by atoms with E-state index in [-0.39, 0.29) is 30.8 Å². The maximum atomic E-state index is 13.7. The zero-order valence-electron chi connectivity index (χ0n) is 17.7. The number of hydrogen-bond acceptors (Lipinski definition) is 3. The summed E-state index contributed by atoms with van der Waals surface area (Å²) in [4.78, 5) is 13.7. The highest BCUT2D eigenvalue weighted by atomic mass is 16.3. The van der Waals surface area contributed by atoms with Crippen LogP contribution >= 0.6 is 0 Å². The SMILES string of the molecule is CC(C)c1c(CCCO)cccc1C(=O)c1cccc(CCCO)c1C(C)C. The Hall–Kier alpha value is -1.97. The molecule has 0 saturated heterocycles. The molecule has 2 aromatic rings. The van der Waals surface area contributed by atoms with Crippen molar-refractivity contribution in [3.05, 3.63) is 69.8 Å². The first-order valence-electron chi connectivity index (χ1n) is 10.4. The van der Waals surface area contributed by atoms with Crippen LogP contribution in [-0.2, 0) is 12.8 Å². The number of benzene rings is 2. The van der Waals surface area contributed by atoms with Crippen LogP contribution in [0.2, 0.25) is 0 Å². The van der Waals surface area contributed by atoms with Crippen molar-refractivity contribution in [2.45, 2.75) is 65.2 Å². The topological polar surface area (TPSA) is 57.5 Å². The van der Waals surface area contributed by atoms with Gasteiger partial charge < -0.3 is 10.2 Å². The first-order valence-corrected chi connectivity index (χ1v) is 10.4. The summed E-state index contributed by atoms with van der Waals surface area (Å²) in [5.41, 5.74) is 6.03. The molecule has 3 heteroatoms. The Bertz CT molecular complexity index is 725. The number of carbonyl (C=O) groups is 1. The van der Waals surface area contributed by atoms with Crippen molar-refractivity contribution in [3.63, 3.8) is 0 Å². The lowest BCUT2D eigenvalue weighted by atomic mass is 9.83. The second-order valence-corrected chi connectivity index (χ2v) is 8.05. The van der Waals surface area contributed by atoms with Crippen LogP contribution in [0.1, 0.15) is 90.5 Å². The van der Waals surface area contributed by atoms with Crippen LogP contribution in [-0.4, -0.2) is 29.2 Å². The third-order valence-electron chi connectivity index (χ3n) is 5.25. The molecule has 0 aliphatic heterocycles. The smallest absolute Gasteiger partial charge is 0.193 e. The quantitative estimate of drug-likeness (QED) is 0.568. The maximum Gasteiger partial charge on any atom is 0.193 e. The molecule has 0 radical (unpaired) electrons. The van der Waals surface area contributed by atoms with E-state index in [1.54, 1.807) is 0 Å². The van der Waals surface area contributed by atoms with Gasteiger partial charge in [0.05, 0.1) is 0 Å². The molecule has 0 saturated carbocycles. The Labute approximate surface area is 169 Å². The average Bonchev–Trinajstić information content (AvgIpc) is 2.69. The highest BCUT2D eigenvalue weighted by molar-refractivity contribution is 6.11. The predicted octanol–water partition coefficient (Wildman–Crippen LogP) is 5.01. The molecular weight excluding hydrogens is 348 g/mol. The fourth-order valence-corrected chi connectivity index (χ4v) is 4.11. The molecule has 2 rings (SSSR count). The summed E-state index contributed by atoms with van der Waals surface area (Å²) in [6.45, 7) is 8.79. The standard InChI is InChI=1S/C25H34O3/c1-17(2)23-19(11-7-15-26)9-5-13-21(23)25(28)22-14-6-10-20(12-8-16-27)24(22)18(3)4/h5-6,9-10,13-14,17-18,26-27H,7-8,11-12,15-16H2,1-4H3. The van der Waals surface area contributed by atoms with Gasteiger partial charge in [0.15, 0.2) is 5.78 Å². The van der Waals surface area contributed by atoms with Crippen LogP contribution in [0.4, 0.5) is 0 Å². The van der Waals surface area contributed by atoms with E-state index in [4.69, 9.17) is 0 Å². The Kier molecular flexibility index (Phi) is 8.40. The molecule has 2 N–H and O–H groups in total. The Morgan fingerprint density at radius 3 is 1.46 bits per heavy atom. The van der Waals surface area contributed by atoms with Crippen LogP contribution in [0.5, 0.6) is 0 Å². The molecule has 3 nitrogen and oxygen atoms in total. The number of aliphatic hydroxyl groups is 2. The Morgan fingerprint density at radius 2 is 1.14 bits per heavy atom. The number of aryl methyl sites for hydroxylation is 2. The molecule has 0 unspecified atom stereocenters. The molecule has 0 aliphatic rings. The van der Waals surface area contributed by atoms with E-state index in [0.717, 1.165) is 46.2 Å². The van der Waals surface area contributed by atoms with E-state index in [1.807, 2.05) is 24.3 Å². The van der Waals surface area contributed by atoms with Gasteiger partial charge in [-0.3, -0.25) is 4.79 Å². The molecular formula is C25H34O3. The van der Waals surface area contributed by atoms with Crippen molar-refractivity contribution in [1.29, 1.82) is 0 Å². The third kappa shape index (κ3) is 5.09. The number of ketones is 1. The van der Waals surface area contributed by atoms with Gasteiger partial charge in [-0.25, -0.2) is 0 Å². The van der Waals surface area contributed by atoms with E-state index in [1.165, 1.54) is 0 Å². The molecule has 0 atom stereocenters. The van der Waals surface area contributed by atoms with Crippen LogP contribution in [0, 0.1) is 0 Å². The molecule has 0 fully saturated rings. The van der Waals surface area contributed by atoms with Gasteiger partial charge in [-0.05, 0) is 59.8 Å². The van der Waals surface area contributed by atoms with Gasteiger partial charge in [-0.1, -0.05) is 64.1 Å². The minimum absolute atomic E-state index is 0.0732. The fourth-order valence-electron chi connectivity index (χ4n) is 4.11. The lowest BCUT2D eigenvalue weighted by molar-refractivity contribution is 0.103. The van der Waals surface area contributed by atoms with E-state index in [2.05, 4.69) is 39.8 Å². The van der Waals surface area contributed by atoms with Crippen LogP contribution in [0.3, 0.4) is 0 Å². The van der Waals surface area contributed by atoms with Crippen LogP contribution in [0.15, 0.2) is 36.4 Å². The van der Waals surface area contributed by atoms with Crippen molar-refractivity contribution in [1.82, 2.24) is 0 Å². The highest BCUT2D eigenvalue weighted by Gasteiger charge is 2.23. The second-order valence-electron chi connectivity index (χ2n) is 8.05. The first kappa shape index (κ1) is 22.3. The van der Waals surface area contributed by atoms with Crippen molar-refractivity contribution in [2.75, 3.05) is 13.2 Å². The van der Waals surface area contributed by atoms with Gasteiger partial charge in [-0.2, -0.15) is 0 Å². The fraction of sp³-hybridized carbons (Fsp3) is 0.480. The summed E-state index contributed by atoms with van der Waals surface area (Å²) in [5, 5.41) is 18.5. The lowest BCUT2D eigenvalue weighted by Crippen LogP contribution is -2.14. The number of hydrogen-bond donors (Lipinski definition) is 2. The Balaban J connectivity index is 2.57.